The minimum atomic E-state index is -0.184. The van der Waals surface area contributed by atoms with E-state index in [0.29, 0.717) is 24.5 Å². The zero-order valence-electron chi connectivity index (χ0n) is 13.1. The number of benzene rings is 2. The van der Waals surface area contributed by atoms with E-state index in [1.807, 2.05) is 42.5 Å². The van der Waals surface area contributed by atoms with E-state index in [1.54, 1.807) is 35.0 Å². The number of rotatable bonds is 5. The number of nitriles is 1. The molecule has 2 aromatic carbocycles. The molecule has 3 rings (SSSR count). The minimum Gasteiger partial charge on any atom is -0.483 e. The van der Waals surface area contributed by atoms with Crippen molar-refractivity contribution in [1.29, 1.82) is 5.26 Å². The summed E-state index contributed by atoms with van der Waals surface area (Å²) in [6, 6.07) is 22.5. The standard InChI is InChI=1S/C20H16N2O2/c21-13-17-8-4-9-18(12-17)14-22-11-5-10-19(20(22)23)24-15-16-6-2-1-3-7-16/h1-12H,14-15H2. The molecule has 0 aliphatic carbocycles. The molecule has 0 fully saturated rings. The third kappa shape index (κ3) is 3.71. The minimum absolute atomic E-state index is 0.184. The molecule has 0 N–H and O–H groups in total. The highest BCUT2D eigenvalue weighted by Crippen LogP contribution is 2.09. The number of hydrogen-bond acceptors (Lipinski definition) is 3. The van der Waals surface area contributed by atoms with Crippen LogP contribution in [-0.2, 0) is 13.2 Å². The van der Waals surface area contributed by atoms with Gasteiger partial charge in [0.25, 0.3) is 5.56 Å². The molecule has 0 saturated carbocycles. The molecule has 3 aromatic rings. The molecule has 0 unspecified atom stereocenters. The second-order valence-corrected chi connectivity index (χ2v) is 5.39. The highest BCUT2D eigenvalue weighted by molar-refractivity contribution is 5.33. The lowest BCUT2D eigenvalue weighted by Gasteiger charge is -2.10. The van der Waals surface area contributed by atoms with Gasteiger partial charge in [0.1, 0.15) is 6.61 Å². The number of pyridine rings is 1. The van der Waals surface area contributed by atoms with Crippen LogP contribution in [0.3, 0.4) is 0 Å². The Hall–Kier alpha value is -3.32. The van der Waals surface area contributed by atoms with E-state index in [1.165, 1.54) is 0 Å². The molecular formula is C20H16N2O2. The van der Waals surface area contributed by atoms with Crippen molar-refractivity contribution in [3.63, 3.8) is 0 Å². The van der Waals surface area contributed by atoms with Crippen LogP contribution < -0.4 is 10.3 Å². The lowest BCUT2D eigenvalue weighted by atomic mass is 10.1. The van der Waals surface area contributed by atoms with Gasteiger partial charge in [0, 0.05) is 6.20 Å². The zero-order chi connectivity index (χ0) is 16.8. The van der Waals surface area contributed by atoms with Crippen LogP contribution in [-0.4, -0.2) is 4.57 Å². The van der Waals surface area contributed by atoms with Crippen LogP contribution in [0.2, 0.25) is 0 Å². The molecule has 4 heteroatoms. The van der Waals surface area contributed by atoms with Crippen molar-refractivity contribution >= 4 is 0 Å². The van der Waals surface area contributed by atoms with Crippen LogP contribution in [0.5, 0.6) is 5.75 Å². The molecule has 0 radical (unpaired) electrons. The van der Waals surface area contributed by atoms with Crippen LogP contribution in [0.25, 0.3) is 0 Å². The fourth-order valence-corrected chi connectivity index (χ4v) is 2.42. The van der Waals surface area contributed by atoms with Crippen molar-refractivity contribution in [3.8, 4) is 11.8 Å². The Bertz CT molecular complexity index is 924. The van der Waals surface area contributed by atoms with E-state index < -0.39 is 0 Å². The van der Waals surface area contributed by atoms with E-state index in [9.17, 15) is 4.79 Å². The first-order valence-corrected chi connectivity index (χ1v) is 7.61. The summed E-state index contributed by atoms with van der Waals surface area (Å²) in [5, 5.41) is 8.97. The third-order valence-corrected chi connectivity index (χ3v) is 3.63. The Morgan fingerprint density at radius 3 is 2.54 bits per heavy atom. The molecule has 0 aliphatic heterocycles. The summed E-state index contributed by atoms with van der Waals surface area (Å²) >= 11 is 0. The molecular weight excluding hydrogens is 300 g/mol. The van der Waals surface area contributed by atoms with Crippen molar-refractivity contribution < 1.29 is 4.74 Å². The molecule has 24 heavy (non-hydrogen) atoms. The van der Waals surface area contributed by atoms with Gasteiger partial charge in [-0.05, 0) is 35.4 Å². The summed E-state index contributed by atoms with van der Waals surface area (Å²) in [6.07, 6.45) is 1.72. The van der Waals surface area contributed by atoms with Gasteiger partial charge >= 0.3 is 0 Å². The summed E-state index contributed by atoms with van der Waals surface area (Å²) in [7, 11) is 0. The van der Waals surface area contributed by atoms with Gasteiger partial charge in [-0.3, -0.25) is 4.79 Å². The van der Waals surface area contributed by atoms with Crippen molar-refractivity contribution in [1.82, 2.24) is 4.57 Å². The van der Waals surface area contributed by atoms with E-state index in [2.05, 4.69) is 6.07 Å². The molecule has 0 aliphatic rings. The predicted molar refractivity (Wildman–Crippen MR) is 91.7 cm³/mol. The van der Waals surface area contributed by atoms with Crippen LogP contribution in [0.15, 0.2) is 77.7 Å². The summed E-state index contributed by atoms with van der Waals surface area (Å²) in [4.78, 5) is 12.5. The fourth-order valence-electron chi connectivity index (χ4n) is 2.42. The van der Waals surface area contributed by atoms with Crippen LogP contribution in [0.1, 0.15) is 16.7 Å². The highest BCUT2D eigenvalue weighted by atomic mass is 16.5. The first kappa shape index (κ1) is 15.6. The smallest absolute Gasteiger partial charge is 0.293 e. The Balaban J connectivity index is 1.78. The van der Waals surface area contributed by atoms with E-state index in [4.69, 9.17) is 10.00 Å². The Labute approximate surface area is 140 Å². The molecule has 0 spiro atoms. The van der Waals surface area contributed by atoms with E-state index in [0.717, 1.165) is 11.1 Å². The van der Waals surface area contributed by atoms with Gasteiger partial charge in [-0.1, -0.05) is 42.5 Å². The van der Waals surface area contributed by atoms with Crippen molar-refractivity contribution in [2.75, 3.05) is 0 Å². The van der Waals surface area contributed by atoms with Crippen molar-refractivity contribution in [2.24, 2.45) is 0 Å². The topological polar surface area (TPSA) is 55.0 Å². The molecule has 4 nitrogen and oxygen atoms in total. The highest BCUT2D eigenvalue weighted by Gasteiger charge is 2.06. The maximum atomic E-state index is 12.5. The van der Waals surface area contributed by atoms with Gasteiger partial charge < -0.3 is 9.30 Å². The van der Waals surface area contributed by atoms with Gasteiger partial charge in [-0.2, -0.15) is 5.26 Å². The molecule has 0 saturated heterocycles. The second-order valence-electron chi connectivity index (χ2n) is 5.39. The van der Waals surface area contributed by atoms with Crippen LogP contribution in [0, 0.1) is 11.3 Å². The summed E-state index contributed by atoms with van der Waals surface area (Å²) in [6.45, 7) is 0.751. The van der Waals surface area contributed by atoms with Crippen molar-refractivity contribution in [2.45, 2.75) is 13.2 Å². The number of nitrogens with zero attached hydrogens (tertiary/aromatic N) is 2. The van der Waals surface area contributed by atoms with Crippen molar-refractivity contribution in [3.05, 3.63) is 100.0 Å². The number of ether oxygens (including phenoxy) is 1. The van der Waals surface area contributed by atoms with Gasteiger partial charge in [-0.15, -0.1) is 0 Å². The second kappa shape index (κ2) is 7.30. The van der Waals surface area contributed by atoms with E-state index in [-0.39, 0.29) is 5.56 Å². The molecule has 118 valence electrons. The van der Waals surface area contributed by atoms with Gasteiger partial charge in [0.2, 0.25) is 0 Å². The summed E-state index contributed by atoms with van der Waals surface area (Å²) < 4.78 is 7.24. The van der Waals surface area contributed by atoms with Gasteiger partial charge in [0.05, 0.1) is 18.2 Å². The average molecular weight is 316 g/mol. The van der Waals surface area contributed by atoms with Crippen LogP contribution in [0.4, 0.5) is 0 Å². The van der Waals surface area contributed by atoms with Gasteiger partial charge in [0.15, 0.2) is 5.75 Å². The molecule has 1 heterocycles. The summed E-state index contributed by atoms with van der Waals surface area (Å²) in [5.41, 5.74) is 2.30. The monoisotopic (exact) mass is 316 g/mol. The molecule has 0 bridgehead atoms. The van der Waals surface area contributed by atoms with E-state index >= 15 is 0 Å². The molecule has 0 amide bonds. The first-order valence-electron chi connectivity index (χ1n) is 7.61. The lowest BCUT2D eigenvalue weighted by molar-refractivity contribution is 0.299. The quantitative estimate of drug-likeness (QED) is 0.725. The lowest BCUT2D eigenvalue weighted by Crippen LogP contribution is -2.21. The average Bonchev–Trinajstić information content (AvgIpc) is 2.63. The number of hydrogen-bond donors (Lipinski definition) is 0. The largest absolute Gasteiger partial charge is 0.483 e. The number of aromatic nitrogens is 1. The Morgan fingerprint density at radius 2 is 1.75 bits per heavy atom. The molecule has 0 atom stereocenters. The first-order chi connectivity index (χ1) is 11.8. The SMILES string of the molecule is N#Cc1cccc(Cn2cccc(OCc3ccccc3)c2=O)c1. The summed E-state index contributed by atoms with van der Waals surface area (Å²) in [5.74, 6) is 0.317. The maximum Gasteiger partial charge on any atom is 0.293 e. The Morgan fingerprint density at radius 1 is 0.958 bits per heavy atom. The molecule has 1 aromatic heterocycles. The fraction of sp³-hybridized carbons (Fsp3) is 0.100. The maximum absolute atomic E-state index is 12.5. The third-order valence-electron chi connectivity index (χ3n) is 3.63. The zero-order valence-corrected chi connectivity index (χ0v) is 13.1. The van der Waals surface area contributed by atoms with Crippen LogP contribution >= 0.6 is 0 Å². The predicted octanol–water partition coefficient (Wildman–Crippen LogP) is 3.35. The Kier molecular flexibility index (Phi) is 4.73. The van der Waals surface area contributed by atoms with Gasteiger partial charge in [-0.25, -0.2) is 0 Å². The normalized spacial score (nSPS) is 10.1.